The lowest BCUT2D eigenvalue weighted by molar-refractivity contribution is 0.0600. The first-order valence-electron chi connectivity index (χ1n) is 6.37. The molecule has 0 aliphatic rings. The molecule has 0 radical (unpaired) electrons. The van der Waals surface area contributed by atoms with Crippen LogP contribution in [0.25, 0.3) is 6.08 Å². The molecule has 0 fully saturated rings. The Labute approximate surface area is 132 Å². The molecule has 5 heteroatoms. The fourth-order valence-corrected chi connectivity index (χ4v) is 2.14. The fourth-order valence-electron chi connectivity index (χ4n) is 1.88. The van der Waals surface area contributed by atoms with Crippen LogP contribution in [0.5, 0.6) is 0 Å². The summed E-state index contributed by atoms with van der Waals surface area (Å²) in [6, 6.07) is 10.3. The van der Waals surface area contributed by atoms with E-state index in [0.717, 1.165) is 12.1 Å². The highest BCUT2D eigenvalue weighted by Gasteiger charge is 2.11. The highest BCUT2D eigenvalue weighted by Crippen LogP contribution is 2.19. The van der Waals surface area contributed by atoms with E-state index in [2.05, 4.69) is 4.74 Å². The predicted octanol–water partition coefficient (Wildman–Crippen LogP) is 4.16. The summed E-state index contributed by atoms with van der Waals surface area (Å²) in [7, 11) is 1.28. The van der Waals surface area contributed by atoms with Gasteiger partial charge in [0.15, 0.2) is 5.78 Å². The molecule has 0 spiro atoms. The number of esters is 1. The van der Waals surface area contributed by atoms with Gasteiger partial charge in [0.25, 0.3) is 0 Å². The normalized spacial score (nSPS) is 10.7. The van der Waals surface area contributed by atoms with E-state index in [-0.39, 0.29) is 16.4 Å². The van der Waals surface area contributed by atoms with Crippen LogP contribution < -0.4 is 0 Å². The van der Waals surface area contributed by atoms with E-state index < -0.39 is 11.8 Å². The van der Waals surface area contributed by atoms with Gasteiger partial charge in [0.05, 0.1) is 17.7 Å². The molecular formula is C17H12ClFO3. The lowest BCUT2D eigenvalue weighted by atomic mass is 10.0. The number of carbonyl (C=O) groups excluding carboxylic acids is 2. The molecule has 2 aromatic rings. The second-order valence-electron chi connectivity index (χ2n) is 4.40. The summed E-state index contributed by atoms with van der Waals surface area (Å²) >= 11 is 5.84. The van der Waals surface area contributed by atoms with E-state index in [4.69, 9.17) is 11.6 Å². The second kappa shape index (κ2) is 7.00. The van der Waals surface area contributed by atoms with Gasteiger partial charge >= 0.3 is 5.97 Å². The molecule has 0 N–H and O–H groups in total. The highest BCUT2D eigenvalue weighted by atomic mass is 35.5. The largest absolute Gasteiger partial charge is 0.465 e. The lowest BCUT2D eigenvalue weighted by Gasteiger charge is -2.03. The average molecular weight is 319 g/mol. The number of carbonyl (C=O) groups is 2. The van der Waals surface area contributed by atoms with Crippen LogP contribution in [0.3, 0.4) is 0 Å². The van der Waals surface area contributed by atoms with Crippen LogP contribution in [0.2, 0.25) is 5.02 Å². The molecule has 0 saturated carbocycles. The summed E-state index contributed by atoms with van der Waals surface area (Å²) in [5, 5.41) is 0.0379. The van der Waals surface area contributed by atoms with Gasteiger partial charge in [-0.1, -0.05) is 35.9 Å². The molecule has 0 aliphatic carbocycles. The van der Waals surface area contributed by atoms with E-state index in [1.165, 1.54) is 25.3 Å². The first kappa shape index (κ1) is 15.9. The van der Waals surface area contributed by atoms with Gasteiger partial charge in [-0.3, -0.25) is 4.79 Å². The number of methoxy groups -OCH3 is 1. The minimum absolute atomic E-state index is 0.0379. The average Bonchev–Trinajstić information content (AvgIpc) is 2.52. The first-order valence-corrected chi connectivity index (χ1v) is 6.75. The highest BCUT2D eigenvalue weighted by molar-refractivity contribution is 6.34. The van der Waals surface area contributed by atoms with Crippen molar-refractivity contribution in [1.29, 1.82) is 0 Å². The number of allylic oxidation sites excluding steroid dienone is 1. The van der Waals surface area contributed by atoms with Crippen LogP contribution in [0.4, 0.5) is 4.39 Å². The number of benzene rings is 2. The molecule has 0 bridgehead atoms. The Morgan fingerprint density at radius 2 is 1.86 bits per heavy atom. The third-order valence-corrected chi connectivity index (χ3v) is 3.29. The number of ether oxygens (including phenoxy) is 1. The Morgan fingerprint density at radius 3 is 2.55 bits per heavy atom. The summed E-state index contributed by atoms with van der Waals surface area (Å²) in [5.74, 6) is -1.39. The van der Waals surface area contributed by atoms with Gasteiger partial charge < -0.3 is 4.74 Å². The SMILES string of the molecule is COC(=O)c1ccccc1/C=C/C(=O)c1ccc(F)cc1Cl. The Bertz CT molecular complexity index is 753. The number of rotatable bonds is 4. The van der Waals surface area contributed by atoms with Crippen LogP contribution in [-0.2, 0) is 4.74 Å². The molecular weight excluding hydrogens is 307 g/mol. The molecule has 0 saturated heterocycles. The van der Waals surface area contributed by atoms with Crippen LogP contribution in [0.1, 0.15) is 26.3 Å². The van der Waals surface area contributed by atoms with Crippen molar-refractivity contribution >= 4 is 29.4 Å². The molecule has 2 aromatic carbocycles. The van der Waals surface area contributed by atoms with Crippen LogP contribution in [-0.4, -0.2) is 18.9 Å². The molecule has 0 heterocycles. The van der Waals surface area contributed by atoms with Crippen molar-refractivity contribution in [2.45, 2.75) is 0 Å². The fraction of sp³-hybridized carbons (Fsp3) is 0.0588. The molecule has 112 valence electrons. The van der Waals surface area contributed by atoms with E-state index in [0.29, 0.717) is 11.1 Å². The maximum Gasteiger partial charge on any atom is 0.338 e. The summed E-state index contributed by atoms with van der Waals surface area (Å²) in [6.07, 6.45) is 2.77. The van der Waals surface area contributed by atoms with Crippen molar-refractivity contribution in [2.75, 3.05) is 7.11 Å². The summed E-state index contributed by atoms with van der Waals surface area (Å²) < 4.78 is 17.7. The summed E-state index contributed by atoms with van der Waals surface area (Å²) in [6.45, 7) is 0. The summed E-state index contributed by atoms with van der Waals surface area (Å²) in [4.78, 5) is 23.7. The van der Waals surface area contributed by atoms with Gasteiger partial charge in [0.2, 0.25) is 0 Å². The zero-order valence-electron chi connectivity index (χ0n) is 11.7. The van der Waals surface area contributed by atoms with Crippen LogP contribution in [0.15, 0.2) is 48.5 Å². The standard InChI is InChI=1S/C17H12ClFO3/c1-22-17(21)13-5-3-2-4-11(13)6-9-16(20)14-8-7-12(19)10-15(14)18/h2-10H,1H3/b9-6+. The van der Waals surface area contributed by atoms with Gasteiger partial charge in [0.1, 0.15) is 5.82 Å². The van der Waals surface area contributed by atoms with Gasteiger partial charge in [-0.25, -0.2) is 9.18 Å². The maximum atomic E-state index is 13.0. The van der Waals surface area contributed by atoms with Crippen molar-refractivity contribution in [2.24, 2.45) is 0 Å². The molecule has 0 aromatic heterocycles. The topological polar surface area (TPSA) is 43.4 Å². The Kier molecular flexibility index (Phi) is 5.07. The number of ketones is 1. The van der Waals surface area contributed by atoms with Crippen molar-refractivity contribution in [3.63, 3.8) is 0 Å². The molecule has 2 rings (SSSR count). The van der Waals surface area contributed by atoms with Gasteiger partial charge in [0, 0.05) is 5.56 Å². The van der Waals surface area contributed by atoms with E-state index in [1.54, 1.807) is 24.3 Å². The minimum atomic E-state index is -0.512. The van der Waals surface area contributed by atoms with Gasteiger partial charge in [-0.15, -0.1) is 0 Å². The van der Waals surface area contributed by atoms with Gasteiger partial charge in [-0.05, 0) is 35.9 Å². The summed E-state index contributed by atoms with van der Waals surface area (Å²) in [5.41, 5.74) is 1.08. The molecule has 0 amide bonds. The monoisotopic (exact) mass is 318 g/mol. The Morgan fingerprint density at radius 1 is 1.14 bits per heavy atom. The smallest absolute Gasteiger partial charge is 0.338 e. The Balaban J connectivity index is 2.29. The Hall–Kier alpha value is -2.46. The van der Waals surface area contributed by atoms with Crippen molar-refractivity contribution < 1.29 is 18.7 Å². The maximum absolute atomic E-state index is 13.0. The quantitative estimate of drug-likeness (QED) is 0.483. The molecule has 22 heavy (non-hydrogen) atoms. The van der Waals surface area contributed by atoms with Crippen molar-refractivity contribution in [3.8, 4) is 0 Å². The number of hydrogen-bond acceptors (Lipinski definition) is 3. The van der Waals surface area contributed by atoms with Crippen molar-refractivity contribution in [3.05, 3.63) is 76.1 Å². The molecule has 0 atom stereocenters. The van der Waals surface area contributed by atoms with Crippen LogP contribution >= 0.6 is 11.6 Å². The van der Waals surface area contributed by atoms with E-state index >= 15 is 0 Å². The van der Waals surface area contributed by atoms with Crippen molar-refractivity contribution in [1.82, 2.24) is 0 Å². The number of hydrogen-bond donors (Lipinski definition) is 0. The van der Waals surface area contributed by atoms with Crippen LogP contribution in [0, 0.1) is 5.82 Å². The van der Waals surface area contributed by atoms with E-state index in [9.17, 15) is 14.0 Å². The number of halogens is 2. The third-order valence-electron chi connectivity index (χ3n) is 2.98. The zero-order valence-corrected chi connectivity index (χ0v) is 12.4. The lowest BCUT2D eigenvalue weighted by Crippen LogP contribution is -2.03. The van der Waals surface area contributed by atoms with E-state index in [1.807, 2.05) is 0 Å². The first-order chi connectivity index (χ1) is 10.5. The zero-order chi connectivity index (χ0) is 16.1. The minimum Gasteiger partial charge on any atom is -0.465 e. The van der Waals surface area contributed by atoms with Gasteiger partial charge in [-0.2, -0.15) is 0 Å². The predicted molar refractivity (Wildman–Crippen MR) is 82.6 cm³/mol. The third kappa shape index (κ3) is 3.59. The molecule has 0 aliphatic heterocycles. The molecule has 0 unspecified atom stereocenters. The molecule has 3 nitrogen and oxygen atoms in total. The second-order valence-corrected chi connectivity index (χ2v) is 4.81.